The van der Waals surface area contributed by atoms with Crippen molar-refractivity contribution in [1.82, 2.24) is 14.1 Å². The van der Waals surface area contributed by atoms with Crippen molar-refractivity contribution < 1.29 is 31.1 Å². The SMILES string of the molecule is Cc1cc(NC(=O)c2cccc(S(=O)(=O)N3CCOCC3)c2)n(-c2cccc(C(F)(F)F)c2)n1. The molecular formula is C22H21F3N4O4S. The third kappa shape index (κ3) is 4.98. The first-order chi connectivity index (χ1) is 16.1. The maximum absolute atomic E-state index is 13.1. The number of rotatable bonds is 5. The molecule has 1 aliphatic rings. The number of morpholine rings is 1. The molecule has 2 heterocycles. The van der Waals surface area contributed by atoms with Gasteiger partial charge in [0.05, 0.1) is 35.1 Å². The number of carbonyl (C=O) groups excluding carboxylic acids is 1. The van der Waals surface area contributed by atoms with Crippen molar-refractivity contribution in [2.75, 3.05) is 31.6 Å². The average Bonchev–Trinajstić information content (AvgIpc) is 3.19. The lowest BCUT2D eigenvalue weighted by Gasteiger charge is -2.26. The van der Waals surface area contributed by atoms with Crippen LogP contribution in [0.1, 0.15) is 21.6 Å². The first-order valence-corrected chi connectivity index (χ1v) is 11.7. The highest BCUT2D eigenvalue weighted by atomic mass is 32.2. The number of benzene rings is 2. The minimum Gasteiger partial charge on any atom is -0.379 e. The van der Waals surface area contributed by atoms with E-state index in [9.17, 15) is 26.4 Å². The predicted molar refractivity (Wildman–Crippen MR) is 117 cm³/mol. The van der Waals surface area contributed by atoms with Gasteiger partial charge in [-0.15, -0.1) is 0 Å². The van der Waals surface area contributed by atoms with E-state index in [4.69, 9.17) is 4.74 Å². The number of sulfonamides is 1. The van der Waals surface area contributed by atoms with E-state index >= 15 is 0 Å². The lowest BCUT2D eigenvalue weighted by atomic mass is 10.2. The molecule has 1 aliphatic heterocycles. The fourth-order valence-electron chi connectivity index (χ4n) is 3.52. The number of nitrogens with one attached hydrogen (secondary N) is 1. The van der Waals surface area contributed by atoms with E-state index < -0.39 is 27.7 Å². The zero-order valence-corrected chi connectivity index (χ0v) is 18.9. The molecule has 1 saturated heterocycles. The molecule has 3 aromatic rings. The van der Waals surface area contributed by atoms with Gasteiger partial charge < -0.3 is 10.1 Å². The Bertz CT molecular complexity index is 1320. The second kappa shape index (κ2) is 9.20. The molecular weight excluding hydrogens is 473 g/mol. The zero-order chi connectivity index (χ0) is 24.5. The normalized spacial score (nSPS) is 15.3. The number of carbonyl (C=O) groups is 1. The third-order valence-electron chi connectivity index (χ3n) is 5.20. The number of nitrogens with zero attached hydrogens (tertiary/aromatic N) is 3. The summed E-state index contributed by atoms with van der Waals surface area (Å²) in [6, 6.07) is 11.6. The van der Waals surface area contributed by atoms with Crippen LogP contribution >= 0.6 is 0 Å². The van der Waals surface area contributed by atoms with Gasteiger partial charge in [0.25, 0.3) is 5.91 Å². The van der Waals surface area contributed by atoms with Crippen molar-refractivity contribution in [3.63, 3.8) is 0 Å². The van der Waals surface area contributed by atoms with Crippen molar-refractivity contribution in [2.24, 2.45) is 0 Å². The van der Waals surface area contributed by atoms with Crippen LogP contribution in [-0.2, 0) is 20.9 Å². The molecule has 4 rings (SSSR count). The summed E-state index contributed by atoms with van der Waals surface area (Å²) < 4.78 is 72.9. The van der Waals surface area contributed by atoms with Gasteiger partial charge in [-0.05, 0) is 43.3 Å². The van der Waals surface area contributed by atoms with Gasteiger partial charge in [-0.2, -0.15) is 22.6 Å². The molecule has 1 N–H and O–H groups in total. The van der Waals surface area contributed by atoms with Gasteiger partial charge >= 0.3 is 6.18 Å². The lowest BCUT2D eigenvalue weighted by Crippen LogP contribution is -2.40. The fourth-order valence-corrected chi connectivity index (χ4v) is 4.98. The largest absolute Gasteiger partial charge is 0.416 e. The van der Waals surface area contributed by atoms with Crippen LogP contribution in [0.2, 0.25) is 0 Å². The smallest absolute Gasteiger partial charge is 0.379 e. The molecule has 1 aromatic heterocycles. The molecule has 0 atom stereocenters. The van der Waals surface area contributed by atoms with Gasteiger partial charge in [-0.25, -0.2) is 13.1 Å². The molecule has 180 valence electrons. The Morgan fingerprint density at radius 2 is 1.76 bits per heavy atom. The molecule has 0 radical (unpaired) electrons. The summed E-state index contributed by atoms with van der Waals surface area (Å²) in [6.45, 7) is 2.65. The van der Waals surface area contributed by atoms with Crippen molar-refractivity contribution >= 4 is 21.7 Å². The summed E-state index contributed by atoms with van der Waals surface area (Å²) in [7, 11) is -3.81. The molecule has 12 heteroatoms. The molecule has 0 unspecified atom stereocenters. The minimum absolute atomic E-state index is 0.0374. The van der Waals surface area contributed by atoms with Crippen LogP contribution in [0.4, 0.5) is 19.0 Å². The third-order valence-corrected chi connectivity index (χ3v) is 7.09. The van der Waals surface area contributed by atoms with E-state index in [0.717, 1.165) is 12.1 Å². The lowest BCUT2D eigenvalue weighted by molar-refractivity contribution is -0.137. The molecule has 0 spiro atoms. The minimum atomic E-state index is -4.53. The topological polar surface area (TPSA) is 93.5 Å². The summed E-state index contributed by atoms with van der Waals surface area (Å²) in [5, 5.41) is 6.80. The second-order valence-corrected chi connectivity index (χ2v) is 9.57. The number of amides is 1. The standard InChI is InChI=1S/C22H21F3N4O4S/c1-15-12-20(29(27-15)18-6-3-5-17(14-18)22(23,24)25)26-21(30)16-4-2-7-19(13-16)34(31,32)28-8-10-33-11-9-28/h2-7,12-14H,8-11H2,1H3,(H,26,30). The molecule has 1 amide bonds. The number of ether oxygens (including phenoxy) is 1. The van der Waals surface area contributed by atoms with Gasteiger partial charge in [-0.3, -0.25) is 4.79 Å². The summed E-state index contributed by atoms with van der Waals surface area (Å²) in [5.41, 5.74) is -0.196. The van der Waals surface area contributed by atoms with Crippen molar-refractivity contribution in [1.29, 1.82) is 0 Å². The Kier molecular flexibility index (Phi) is 6.47. The second-order valence-electron chi connectivity index (χ2n) is 7.63. The van der Waals surface area contributed by atoms with Crippen LogP contribution in [-0.4, -0.2) is 54.7 Å². The van der Waals surface area contributed by atoms with E-state index in [1.54, 1.807) is 6.92 Å². The summed E-state index contributed by atoms with van der Waals surface area (Å²) in [6.07, 6.45) is -4.53. The molecule has 0 bridgehead atoms. The quantitative estimate of drug-likeness (QED) is 0.586. The van der Waals surface area contributed by atoms with E-state index in [-0.39, 0.29) is 48.3 Å². The molecule has 0 saturated carbocycles. The number of aromatic nitrogens is 2. The van der Waals surface area contributed by atoms with Crippen LogP contribution in [0.5, 0.6) is 0 Å². The maximum Gasteiger partial charge on any atom is 0.416 e. The Morgan fingerprint density at radius 1 is 1.06 bits per heavy atom. The highest BCUT2D eigenvalue weighted by molar-refractivity contribution is 7.89. The number of hydrogen-bond donors (Lipinski definition) is 1. The zero-order valence-electron chi connectivity index (χ0n) is 18.0. The fraction of sp³-hybridized carbons (Fsp3) is 0.273. The molecule has 34 heavy (non-hydrogen) atoms. The van der Waals surface area contributed by atoms with E-state index in [0.29, 0.717) is 5.69 Å². The van der Waals surface area contributed by atoms with Gasteiger partial charge in [0, 0.05) is 24.7 Å². The highest BCUT2D eigenvalue weighted by Gasteiger charge is 2.31. The van der Waals surface area contributed by atoms with Gasteiger partial charge in [0.1, 0.15) is 5.82 Å². The van der Waals surface area contributed by atoms with Crippen LogP contribution < -0.4 is 5.32 Å². The van der Waals surface area contributed by atoms with E-state index in [1.165, 1.54) is 51.5 Å². The van der Waals surface area contributed by atoms with Crippen LogP contribution in [0, 0.1) is 6.92 Å². The number of halogens is 3. The summed E-state index contributed by atoms with van der Waals surface area (Å²) >= 11 is 0. The van der Waals surface area contributed by atoms with E-state index in [1.807, 2.05) is 0 Å². The number of aryl methyl sites for hydroxylation is 1. The van der Waals surface area contributed by atoms with Crippen LogP contribution in [0.3, 0.4) is 0 Å². The summed E-state index contributed by atoms with van der Waals surface area (Å²) in [4.78, 5) is 12.9. The number of hydrogen-bond acceptors (Lipinski definition) is 5. The Morgan fingerprint density at radius 3 is 2.47 bits per heavy atom. The van der Waals surface area contributed by atoms with Gasteiger partial charge in [0.2, 0.25) is 10.0 Å². The number of alkyl halides is 3. The Balaban J connectivity index is 1.61. The molecule has 0 aliphatic carbocycles. The molecule has 1 fully saturated rings. The number of anilines is 1. The van der Waals surface area contributed by atoms with E-state index in [2.05, 4.69) is 10.4 Å². The van der Waals surface area contributed by atoms with Gasteiger partial charge in [0.15, 0.2) is 0 Å². The molecule has 8 nitrogen and oxygen atoms in total. The predicted octanol–water partition coefficient (Wildman–Crippen LogP) is 3.47. The maximum atomic E-state index is 13.1. The molecule has 2 aromatic carbocycles. The van der Waals surface area contributed by atoms with Gasteiger partial charge in [-0.1, -0.05) is 12.1 Å². The Hall–Kier alpha value is -3.22. The first kappa shape index (κ1) is 23.9. The van der Waals surface area contributed by atoms with Crippen molar-refractivity contribution in [3.8, 4) is 5.69 Å². The summed E-state index contributed by atoms with van der Waals surface area (Å²) in [5.74, 6) is -0.490. The van der Waals surface area contributed by atoms with Crippen molar-refractivity contribution in [3.05, 3.63) is 71.4 Å². The van der Waals surface area contributed by atoms with Crippen LogP contribution in [0.15, 0.2) is 59.5 Å². The first-order valence-electron chi connectivity index (χ1n) is 10.3. The highest BCUT2D eigenvalue weighted by Crippen LogP contribution is 2.31. The average molecular weight is 494 g/mol. The van der Waals surface area contributed by atoms with Crippen molar-refractivity contribution in [2.45, 2.75) is 18.0 Å². The monoisotopic (exact) mass is 494 g/mol. The van der Waals surface area contributed by atoms with Crippen LogP contribution in [0.25, 0.3) is 5.69 Å². The Labute approximate surface area is 194 Å².